The number of carbonyl (C=O) groups is 2. The molecule has 1 aliphatic carbocycles. The van der Waals surface area contributed by atoms with Gasteiger partial charge in [-0.3, -0.25) is 9.59 Å². The summed E-state index contributed by atoms with van der Waals surface area (Å²) in [4.78, 5) is 31.2. The SMILES string of the molecule is CNC(=O)[C@@]1(c2ccc(F)c(F)c2)C[C@H]1CN1CCC(C(=O)N2CCCCC2)(c2ccccc2)CC1. The van der Waals surface area contributed by atoms with E-state index in [1.54, 1.807) is 7.05 Å². The summed E-state index contributed by atoms with van der Waals surface area (Å²) in [5.74, 6) is -1.72. The molecule has 5 rings (SSSR count). The van der Waals surface area contributed by atoms with Crippen LogP contribution in [-0.4, -0.2) is 61.4 Å². The van der Waals surface area contributed by atoms with E-state index >= 15 is 0 Å². The van der Waals surface area contributed by atoms with Gasteiger partial charge in [-0.1, -0.05) is 36.4 Å². The Bertz CT molecular complexity index is 1110. The molecule has 2 aliphatic heterocycles. The van der Waals surface area contributed by atoms with Gasteiger partial charge in [-0.2, -0.15) is 0 Å². The van der Waals surface area contributed by atoms with E-state index < -0.39 is 22.5 Å². The summed E-state index contributed by atoms with van der Waals surface area (Å²) >= 11 is 0. The Morgan fingerprint density at radius 2 is 1.61 bits per heavy atom. The highest BCUT2D eigenvalue weighted by molar-refractivity contribution is 5.92. The molecule has 0 unspecified atom stereocenters. The van der Waals surface area contributed by atoms with Gasteiger partial charge in [-0.15, -0.1) is 0 Å². The number of likely N-dealkylation sites (tertiary alicyclic amines) is 2. The molecular weight excluding hydrogens is 460 g/mol. The number of hydrogen-bond acceptors (Lipinski definition) is 3. The molecule has 3 aliphatic rings. The number of likely N-dealkylation sites (N-methyl/N-ethyl adjacent to an activating group) is 1. The Kier molecular flexibility index (Phi) is 6.86. The first-order valence-electron chi connectivity index (χ1n) is 13.2. The van der Waals surface area contributed by atoms with Crippen molar-refractivity contribution in [3.05, 3.63) is 71.3 Å². The van der Waals surface area contributed by atoms with Crippen molar-refractivity contribution >= 4 is 11.8 Å². The topological polar surface area (TPSA) is 52.7 Å². The minimum atomic E-state index is -0.928. The maximum absolute atomic E-state index is 14.0. The van der Waals surface area contributed by atoms with E-state index in [4.69, 9.17) is 0 Å². The molecule has 0 spiro atoms. The van der Waals surface area contributed by atoms with Crippen LogP contribution in [0.25, 0.3) is 0 Å². The van der Waals surface area contributed by atoms with Gasteiger partial charge in [0.25, 0.3) is 0 Å². The monoisotopic (exact) mass is 495 g/mol. The van der Waals surface area contributed by atoms with Crippen molar-refractivity contribution in [2.45, 2.75) is 49.4 Å². The highest BCUT2D eigenvalue weighted by Gasteiger charge is 2.61. The first kappa shape index (κ1) is 24.9. The highest BCUT2D eigenvalue weighted by Crippen LogP contribution is 2.55. The molecule has 3 fully saturated rings. The first-order valence-corrected chi connectivity index (χ1v) is 13.2. The lowest BCUT2D eigenvalue weighted by atomic mass is 9.71. The predicted octanol–water partition coefficient (Wildman–Crippen LogP) is 4.01. The third-order valence-corrected chi connectivity index (χ3v) is 8.74. The maximum atomic E-state index is 14.0. The van der Waals surface area contributed by atoms with Crippen LogP contribution in [0.3, 0.4) is 0 Å². The number of nitrogens with zero attached hydrogens (tertiary/aromatic N) is 2. The Morgan fingerprint density at radius 3 is 2.25 bits per heavy atom. The lowest BCUT2D eigenvalue weighted by Crippen LogP contribution is -2.54. The van der Waals surface area contributed by atoms with Crippen molar-refractivity contribution in [3.8, 4) is 0 Å². The molecule has 192 valence electrons. The summed E-state index contributed by atoms with van der Waals surface area (Å²) < 4.78 is 27.6. The molecule has 1 saturated carbocycles. The normalized spacial score (nSPS) is 25.9. The lowest BCUT2D eigenvalue weighted by Gasteiger charge is -2.44. The van der Waals surface area contributed by atoms with E-state index in [9.17, 15) is 18.4 Å². The average Bonchev–Trinajstić information content (AvgIpc) is 3.65. The Hall–Kier alpha value is -2.80. The second-order valence-corrected chi connectivity index (χ2v) is 10.7. The van der Waals surface area contributed by atoms with E-state index in [2.05, 4.69) is 27.2 Å². The fourth-order valence-corrected chi connectivity index (χ4v) is 6.52. The van der Waals surface area contributed by atoms with Crippen LogP contribution in [0, 0.1) is 17.6 Å². The second kappa shape index (κ2) is 9.92. The van der Waals surface area contributed by atoms with Gasteiger partial charge in [0.1, 0.15) is 0 Å². The molecule has 5 nitrogen and oxygen atoms in total. The number of rotatable bonds is 6. The Morgan fingerprint density at radius 1 is 0.917 bits per heavy atom. The molecule has 2 aromatic carbocycles. The number of piperidine rings is 2. The number of benzene rings is 2. The van der Waals surface area contributed by atoms with Crippen LogP contribution >= 0.6 is 0 Å². The largest absolute Gasteiger partial charge is 0.358 e. The zero-order valence-corrected chi connectivity index (χ0v) is 20.9. The zero-order chi connectivity index (χ0) is 25.3. The molecule has 0 aromatic heterocycles. The zero-order valence-electron chi connectivity index (χ0n) is 20.9. The van der Waals surface area contributed by atoms with Crippen molar-refractivity contribution in [2.24, 2.45) is 5.92 Å². The van der Waals surface area contributed by atoms with Gasteiger partial charge in [0.15, 0.2) is 11.6 Å². The predicted molar refractivity (Wildman–Crippen MR) is 134 cm³/mol. The highest BCUT2D eigenvalue weighted by atomic mass is 19.2. The minimum absolute atomic E-state index is 0.0179. The summed E-state index contributed by atoms with van der Waals surface area (Å²) in [5, 5.41) is 2.73. The fourth-order valence-electron chi connectivity index (χ4n) is 6.52. The van der Waals surface area contributed by atoms with E-state index in [0.29, 0.717) is 18.5 Å². The molecule has 2 heterocycles. The Balaban J connectivity index is 1.32. The molecular formula is C29H35F2N3O2. The summed E-state index contributed by atoms with van der Waals surface area (Å²) in [7, 11) is 1.58. The molecule has 2 saturated heterocycles. The maximum Gasteiger partial charge on any atom is 0.233 e. The summed E-state index contributed by atoms with van der Waals surface area (Å²) in [6.45, 7) is 3.87. The van der Waals surface area contributed by atoms with Crippen molar-refractivity contribution in [2.75, 3.05) is 39.8 Å². The van der Waals surface area contributed by atoms with E-state index in [-0.39, 0.29) is 17.7 Å². The third-order valence-electron chi connectivity index (χ3n) is 8.74. The van der Waals surface area contributed by atoms with Crippen molar-refractivity contribution in [1.82, 2.24) is 15.1 Å². The standard InChI is InChI=1S/C29H35F2N3O2/c1-32-26(35)29(22-10-11-24(30)25(31)18-22)19-23(29)20-33-16-12-28(13-17-33,21-8-4-2-5-9-21)27(36)34-14-6-3-7-15-34/h2,4-5,8-11,18,23H,3,6-7,12-17,19-20H2,1H3,(H,32,35)/t23-,29+/m0/s1. The molecule has 7 heteroatoms. The van der Waals surface area contributed by atoms with E-state index in [1.165, 1.54) is 18.6 Å². The number of nitrogens with one attached hydrogen (secondary N) is 1. The van der Waals surface area contributed by atoms with Gasteiger partial charge in [-0.05, 0) is 80.8 Å². The average molecular weight is 496 g/mol. The number of amides is 2. The molecule has 1 N–H and O–H groups in total. The van der Waals surface area contributed by atoms with Crippen molar-refractivity contribution in [3.63, 3.8) is 0 Å². The summed E-state index contributed by atoms with van der Waals surface area (Å²) in [5.41, 5.74) is 0.270. The van der Waals surface area contributed by atoms with Crippen LogP contribution in [0.1, 0.15) is 49.7 Å². The van der Waals surface area contributed by atoms with Crippen LogP contribution in [0.5, 0.6) is 0 Å². The summed E-state index contributed by atoms with van der Waals surface area (Å²) in [6, 6.07) is 14.0. The molecule has 2 aromatic rings. The lowest BCUT2D eigenvalue weighted by molar-refractivity contribution is -0.140. The molecule has 0 radical (unpaired) electrons. The van der Waals surface area contributed by atoms with Crippen molar-refractivity contribution < 1.29 is 18.4 Å². The minimum Gasteiger partial charge on any atom is -0.358 e. The van der Waals surface area contributed by atoms with E-state index in [1.807, 2.05) is 18.2 Å². The second-order valence-electron chi connectivity index (χ2n) is 10.7. The van der Waals surface area contributed by atoms with Gasteiger partial charge >= 0.3 is 0 Å². The van der Waals surface area contributed by atoms with Crippen LogP contribution in [0.15, 0.2) is 48.5 Å². The molecule has 36 heavy (non-hydrogen) atoms. The van der Waals surface area contributed by atoms with Gasteiger partial charge < -0.3 is 15.1 Å². The van der Waals surface area contributed by atoms with Crippen LogP contribution < -0.4 is 5.32 Å². The van der Waals surface area contributed by atoms with Crippen molar-refractivity contribution in [1.29, 1.82) is 0 Å². The van der Waals surface area contributed by atoms with Crippen LogP contribution in [0.4, 0.5) is 8.78 Å². The number of halogens is 2. The fraction of sp³-hybridized carbons (Fsp3) is 0.517. The van der Waals surface area contributed by atoms with Crippen LogP contribution in [-0.2, 0) is 20.4 Å². The molecule has 2 atom stereocenters. The molecule has 2 amide bonds. The quantitative estimate of drug-likeness (QED) is 0.659. The van der Waals surface area contributed by atoms with Gasteiger partial charge in [0.05, 0.1) is 10.8 Å². The number of carbonyl (C=O) groups excluding carboxylic acids is 2. The van der Waals surface area contributed by atoms with Gasteiger partial charge in [0.2, 0.25) is 11.8 Å². The number of hydrogen-bond donors (Lipinski definition) is 1. The van der Waals surface area contributed by atoms with Gasteiger partial charge in [0, 0.05) is 26.7 Å². The third kappa shape index (κ3) is 4.32. The Labute approximate surface area is 211 Å². The van der Waals surface area contributed by atoms with Gasteiger partial charge in [-0.25, -0.2) is 8.78 Å². The summed E-state index contributed by atoms with van der Waals surface area (Å²) in [6.07, 6.45) is 5.38. The first-order chi connectivity index (χ1) is 17.4. The smallest absolute Gasteiger partial charge is 0.233 e. The van der Waals surface area contributed by atoms with E-state index in [0.717, 1.165) is 63.5 Å². The van der Waals surface area contributed by atoms with Crippen LogP contribution in [0.2, 0.25) is 0 Å². The molecule has 0 bridgehead atoms.